The first kappa shape index (κ1) is 22.3. The van der Waals surface area contributed by atoms with Crippen molar-refractivity contribution in [3.8, 4) is 11.8 Å². The molecule has 4 nitrogen and oxygen atoms in total. The second kappa shape index (κ2) is 7.92. The normalized spacial score (nSPS) is 17.7. The van der Waals surface area contributed by atoms with Gasteiger partial charge in [0.05, 0.1) is 5.56 Å². The Morgan fingerprint density at radius 1 is 1.11 bits per heavy atom. The third-order valence-corrected chi connectivity index (χ3v) is 7.08. The van der Waals surface area contributed by atoms with E-state index in [1.165, 1.54) is 0 Å². The molecule has 0 saturated carbocycles. The van der Waals surface area contributed by atoms with Gasteiger partial charge in [0.25, 0.3) is 0 Å². The van der Waals surface area contributed by atoms with Crippen LogP contribution in [0.2, 0.25) is 0 Å². The molecule has 2 aliphatic heterocycles. The highest BCUT2D eigenvalue weighted by Gasteiger charge is 2.53. The first-order valence-electron chi connectivity index (χ1n) is 12.0. The van der Waals surface area contributed by atoms with Gasteiger partial charge in [-0.25, -0.2) is 4.79 Å². The zero-order valence-electron chi connectivity index (χ0n) is 20.2. The van der Waals surface area contributed by atoms with Gasteiger partial charge in [0, 0.05) is 40.4 Å². The highest BCUT2D eigenvalue weighted by Crippen LogP contribution is 2.36. The lowest BCUT2D eigenvalue weighted by Gasteiger charge is -2.30. The van der Waals surface area contributed by atoms with E-state index in [9.17, 15) is 4.79 Å². The molecule has 6 rings (SSSR count). The third-order valence-electron chi connectivity index (χ3n) is 7.08. The standard InChI is InChI=1S/C29H23BF2N2O2/c1-18-12-20(3)33-26(18)17-27-19(2)13-25(34(27)30(33,31)32)11-10-23-15-24-14-21-8-6-4-5-7-9-22(21)16-28(24)36-29(23)35/h4-5,10-17H,6,8H2,1-3H3. The summed E-state index contributed by atoms with van der Waals surface area (Å²) in [7, 11) is 0. The van der Waals surface area contributed by atoms with Crippen molar-refractivity contribution in [2.24, 2.45) is 0 Å². The number of rotatable bonds is 2. The average Bonchev–Trinajstić information content (AvgIpc) is 3.29. The summed E-state index contributed by atoms with van der Waals surface area (Å²) < 4.78 is 39.4. The molecule has 4 heterocycles. The van der Waals surface area contributed by atoms with E-state index in [-0.39, 0.29) is 0 Å². The lowest BCUT2D eigenvalue weighted by molar-refractivity contribution is -0.361. The molecule has 0 atom stereocenters. The molecule has 3 aliphatic rings. The van der Waals surface area contributed by atoms with E-state index >= 15 is 8.63 Å². The van der Waals surface area contributed by atoms with Crippen molar-refractivity contribution in [2.75, 3.05) is 0 Å². The van der Waals surface area contributed by atoms with E-state index in [1.807, 2.05) is 38.1 Å². The number of hydrogen-bond acceptors (Lipinski definition) is 2. The molecule has 1 aliphatic carbocycles. The van der Waals surface area contributed by atoms with Crippen molar-refractivity contribution in [3.05, 3.63) is 104 Å². The number of allylic oxidation sites excluding steroid dienone is 5. The van der Waals surface area contributed by atoms with Crippen LogP contribution in [-0.2, 0) is 6.42 Å². The summed E-state index contributed by atoms with van der Waals surface area (Å²) in [6.07, 6.45) is 12.3. The molecule has 3 aromatic rings. The molecular formula is C29H23BF2N2O2. The largest absolute Gasteiger partial charge is 0.737 e. The summed E-state index contributed by atoms with van der Waals surface area (Å²) in [6, 6.07) is 7.33. The molecule has 0 N–H and O–H groups in total. The van der Waals surface area contributed by atoms with E-state index in [0.29, 0.717) is 33.9 Å². The van der Waals surface area contributed by atoms with Crippen molar-refractivity contribution in [2.45, 2.75) is 33.6 Å². The van der Waals surface area contributed by atoms with Crippen LogP contribution in [0.4, 0.5) is 8.63 Å². The van der Waals surface area contributed by atoms with Gasteiger partial charge in [0.2, 0.25) is 0 Å². The minimum Gasteiger partial charge on any atom is -0.422 e. The smallest absolute Gasteiger partial charge is 0.422 e. The van der Waals surface area contributed by atoms with Crippen molar-refractivity contribution < 1.29 is 17.5 Å². The van der Waals surface area contributed by atoms with E-state index < -0.39 is 12.6 Å². The second-order valence-electron chi connectivity index (χ2n) is 9.54. The predicted molar refractivity (Wildman–Crippen MR) is 140 cm³/mol. The first-order valence-corrected chi connectivity index (χ1v) is 12.0. The van der Waals surface area contributed by atoms with E-state index in [4.69, 9.17) is 4.42 Å². The second-order valence-corrected chi connectivity index (χ2v) is 9.54. The van der Waals surface area contributed by atoms with Crippen LogP contribution in [0.1, 0.15) is 47.0 Å². The molecule has 36 heavy (non-hydrogen) atoms. The Balaban J connectivity index is 1.44. The zero-order valence-corrected chi connectivity index (χ0v) is 20.2. The van der Waals surface area contributed by atoms with Crippen LogP contribution >= 0.6 is 0 Å². The monoisotopic (exact) mass is 480 g/mol. The van der Waals surface area contributed by atoms with Crippen LogP contribution in [-0.4, -0.2) is 21.6 Å². The van der Waals surface area contributed by atoms with Gasteiger partial charge in [0.15, 0.2) is 11.4 Å². The van der Waals surface area contributed by atoms with Crippen LogP contribution < -0.4 is 5.63 Å². The molecule has 178 valence electrons. The topological polar surface area (TPSA) is 38.1 Å². The minimum atomic E-state index is -4.09. The fourth-order valence-corrected chi connectivity index (χ4v) is 5.38. The highest BCUT2D eigenvalue weighted by molar-refractivity contribution is 6.58. The van der Waals surface area contributed by atoms with E-state index in [0.717, 1.165) is 49.5 Å². The van der Waals surface area contributed by atoms with E-state index in [1.54, 1.807) is 43.4 Å². The summed E-state index contributed by atoms with van der Waals surface area (Å²) in [5.74, 6) is 6.09. The van der Waals surface area contributed by atoms with Crippen molar-refractivity contribution in [1.82, 2.24) is 4.48 Å². The van der Waals surface area contributed by atoms with Gasteiger partial charge in [-0.15, -0.1) is 0 Å². The molecule has 0 bridgehead atoms. The Morgan fingerprint density at radius 2 is 1.94 bits per heavy atom. The maximum Gasteiger partial charge on any atom is 0.737 e. The Labute approximate surface area is 207 Å². The number of nitrogens with zero attached hydrogens (tertiary/aromatic N) is 2. The van der Waals surface area contributed by atoms with Gasteiger partial charge in [0.1, 0.15) is 5.58 Å². The maximum atomic E-state index is 15.8. The zero-order chi connectivity index (χ0) is 25.2. The molecule has 0 fully saturated rings. The Bertz CT molecular complexity index is 1770. The Kier molecular flexibility index (Phi) is 4.91. The van der Waals surface area contributed by atoms with Crippen LogP contribution in [0.5, 0.6) is 0 Å². The Morgan fingerprint density at radius 3 is 2.78 bits per heavy atom. The number of fused-ring (bicyclic) bond motifs is 4. The fourth-order valence-electron chi connectivity index (χ4n) is 5.38. The fraction of sp³-hybridized carbons (Fsp3) is 0.172. The van der Waals surface area contributed by atoms with E-state index in [2.05, 4.69) is 11.8 Å². The number of aromatic nitrogens is 1. The average molecular weight is 480 g/mol. The molecule has 0 amide bonds. The molecule has 0 radical (unpaired) electrons. The van der Waals surface area contributed by atoms with Crippen molar-refractivity contribution in [1.29, 1.82) is 0 Å². The molecule has 0 saturated heterocycles. The van der Waals surface area contributed by atoms with Crippen molar-refractivity contribution >= 4 is 35.8 Å². The minimum absolute atomic E-state index is 0.303. The lowest BCUT2D eigenvalue weighted by Crippen LogP contribution is -2.50. The summed E-state index contributed by atoms with van der Waals surface area (Å²) in [5, 5.41) is 0.777. The number of aryl methyl sites for hydroxylation is 3. The van der Waals surface area contributed by atoms with Crippen LogP contribution in [0.3, 0.4) is 0 Å². The van der Waals surface area contributed by atoms with Gasteiger partial charge < -0.3 is 22.0 Å². The number of halogens is 2. The highest BCUT2D eigenvalue weighted by atomic mass is 19.2. The van der Waals surface area contributed by atoms with Crippen LogP contribution in [0.15, 0.2) is 69.1 Å². The van der Waals surface area contributed by atoms with Gasteiger partial charge >= 0.3 is 12.6 Å². The summed E-state index contributed by atoms with van der Waals surface area (Å²) in [5.41, 5.74) is 5.61. The first-order chi connectivity index (χ1) is 17.2. The van der Waals surface area contributed by atoms with Crippen molar-refractivity contribution in [3.63, 3.8) is 0 Å². The molecular weight excluding hydrogens is 457 g/mol. The maximum absolute atomic E-state index is 15.8. The molecule has 0 unspecified atom stereocenters. The van der Waals surface area contributed by atoms with Gasteiger partial charge in [-0.3, -0.25) is 0 Å². The number of benzene rings is 1. The van der Waals surface area contributed by atoms with Gasteiger partial charge in [-0.2, -0.15) is 0 Å². The number of hydrogen-bond donors (Lipinski definition) is 0. The quantitative estimate of drug-likeness (QED) is 0.266. The Hall–Kier alpha value is -4.18. The SMILES string of the molecule is CC1=CC(C=Cc2cc3cc4c(cc3oc2=O)C#CC=CCC4)=[N+]2C1=Cc1c(C)cc(C)n1[B-]2(F)F. The van der Waals surface area contributed by atoms with Gasteiger partial charge in [-0.1, -0.05) is 17.9 Å². The predicted octanol–water partition coefficient (Wildman–Crippen LogP) is 5.77. The van der Waals surface area contributed by atoms with Gasteiger partial charge in [-0.05, 0) is 86.9 Å². The summed E-state index contributed by atoms with van der Waals surface area (Å²) in [4.78, 5) is 12.8. The molecule has 7 heteroatoms. The summed E-state index contributed by atoms with van der Waals surface area (Å²) in [6.45, 7) is 1.28. The molecule has 2 aromatic heterocycles. The third kappa shape index (κ3) is 3.36. The van der Waals surface area contributed by atoms with Crippen LogP contribution in [0, 0.1) is 25.7 Å². The van der Waals surface area contributed by atoms with Crippen LogP contribution in [0.25, 0.3) is 23.1 Å². The molecule has 1 aromatic carbocycles. The summed E-state index contributed by atoms with van der Waals surface area (Å²) >= 11 is 0. The molecule has 0 spiro atoms. The lowest BCUT2D eigenvalue weighted by atomic mass is 9.89.